The highest BCUT2D eigenvalue weighted by Crippen LogP contribution is 2.24. The highest BCUT2D eigenvalue weighted by Gasteiger charge is 2.24. The Morgan fingerprint density at radius 2 is 2.12 bits per heavy atom. The summed E-state index contributed by atoms with van der Waals surface area (Å²) in [6.45, 7) is 2.62. The maximum Gasteiger partial charge on any atom is 0.244 e. The number of methoxy groups -OCH3 is 1. The lowest BCUT2D eigenvalue weighted by Gasteiger charge is -2.33. The van der Waals surface area contributed by atoms with Crippen LogP contribution in [0.4, 0.5) is 0 Å². The fourth-order valence-electron chi connectivity index (χ4n) is 3.29. The van der Waals surface area contributed by atoms with E-state index in [1.807, 2.05) is 36.4 Å². The van der Waals surface area contributed by atoms with E-state index in [-0.39, 0.29) is 11.9 Å². The van der Waals surface area contributed by atoms with Crippen molar-refractivity contribution in [3.05, 3.63) is 60.1 Å². The van der Waals surface area contributed by atoms with Crippen LogP contribution in [0.1, 0.15) is 36.6 Å². The summed E-state index contributed by atoms with van der Waals surface area (Å²) in [5.74, 6) is 1.57. The van der Waals surface area contributed by atoms with E-state index in [4.69, 9.17) is 9.15 Å². The first-order chi connectivity index (χ1) is 12.8. The molecule has 2 heterocycles. The fourth-order valence-corrected chi connectivity index (χ4v) is 3.29. The molecule has 0 spiro atoms. The molecule has 1 aromatic heterocycles. The zero-order valence-electron chi connectivity index (χ0n) is 15.2. The lowest BCUT2D eigenvalue weighted by atomic mass is 10.1. The zero-order valence-corrected chi connectivity index (χ0v) is 15.2. The number of piperidine rings is 1. The Kier molecular flexibility index (Phi) is 6.50. The smallest absolute Gasteiger partial charge is 0.244 e. The van der Waals surface area contributed by atoms with Crippen molar-refractivity contribution in [2.24, 2.45) is 0 Å². The minimum Gasteiger partial charge on any atom is -0.497 e. The Bertz CT molecular complexity index is 719. The molecule has 0 saturated carbocycles. The van der Waals surface area contributed by atoms with E-state index in [0.717, 1.165) is 30.2 Å². The van der Waals surface area contributed by atoms with Gasteiger partial charge >= 0.3 is 0 Å². The Morgan fingerprint density at radius 1 is 1.27 bits per heavy atom. The monoisotopic (exact) mass is 354 g/mol. The number of nitrogens with one attached hydrogen (secondary N) is 1. The van der Waals surface area contributed by atoms with Crippen LogP contribution in [0, 0.1) is 0 Å². The largest absolute Gasteiger partial charge is 0.497 e. The first-order valence-corrected chi connectivity index (χ1v) is 9.13. The second-order valence-electron chi connectivity index (χ2n) is 6.48. The molecule has 0 bridgehead atoms. The number of carbonyl (C=O) groups excluding carboxylic acids is 1. The van der Waals surface area contributed by atoms with Crippen molar-refractivity contribution in [1.29, 1.82) is 0 Å². The molecule has 26 heavy (non-hydrogen) atoms. The summed E-state index contributed by atoms with van der Waals surface area (Å²) < 4.78 is 10.8. The van der Waals surface area contributed by atoms with Crippen molar-refractivity contribution in [1.82, 2.24) is 10.2 Å². The topological polar surface area (TPSA) is 54.7 Å². The van der Waals surface area contributed by atoms with Gasteiger partial charge in [-0.25, -0.2) is 0 Å². The molecule has 1 aliphatic heterocycles. The molecule has 1 atom stereocenters. The highest BCUT2D eigenvalue weighted by molar-refractivity contribution is 5.91. The first-order valence-electron chi connectivity index (χ1n) is 9.13. The second kappa shape index (κ2) is 9.25. The van der Waals surface area contributed by atoms with Crippen LogP contribution in [-0.4, -0.2) is 37.6 Å². The molecule has 2 aromatic rings. The molecule has 5 heteroatoms. The van der Waals surface area contributed by atoms with Crippen LogP contribution in [-0.2, 0) is 4.79 Å². The third-order valence-corrected chi connectivity index (χ3v) is 4.69. The van der Waals surface area contributed by atoms with Gasteiger partial charge in [-0.2, -0.15) is 0 Å². The summed E-state index contributed by atoms with van der Waals surface area (Å²) in [7, 11) is 1.63. The molecule has 138 valence electrons. The molecular weight excluding hydrogens is 328 g/mol. The Balaban J connectivity index is 1.59. The van der Waals surface area contributed by atoms with Gasteiger partial charge in [0.25, 0.3) is 0 Å². The Labute approximate surface area is 154 Å². The molecule has 1 aliphatic rings. The molecule has 0 radical (unpaired) electrons. The summed E-state index contributed by atoms with van der Waals surface area (Å²) in [6.07, 6.45) is 8.71. The normalized spacial score (nSPS) is 16.5. The molecule has 1 N–H and O–H groups in total. The number of carbonyl (C=O) groups is 1. The first kappa shape index (κ1) is 18.3. The van der Waals surface area contributed by atoms with Crippen molar-refractivity contribution in [3.63, 3.8) is 0 Å². The molecule has 1 saturated heterocycles. The molecular formula is C21H26N2O3. The van der Waals surface area contributed by atoms with Gasteiger partial charge in [0.15, 0.2) is 0 Å². The quantitative estimate of drug-likeness (QED) is 0.771. The average molecular weight is 354 g/mol. The number of amides is 1. The van der Waals surface area contributed by atoms with E-state index < -0.39 is 0 Å². The molecule has 1 fully saturated rings. The predicted molar refractivity (Wildman–Crippen MR) is 102 cm³/mol. The molecule has 1 aromatic carbocycles. The molecule has 5 nitrogen and oxygen atoms in total. The second-order valence-corrected chi connectivity index (χ2v) is 6.48. The fraction of sp³-hybridized carbons (Fsp3) is 0.381. The van der Waals surface area contributed by atoms with Gasteiger partial charge in [-0.15, -0.1) is 0 Å². The van der Waals surface area contributed by atoms with Crippen LogP contribution in [0.3, 0.4) is 0 Å². The Hall–Kier alpha value is -2.53. The van der Waals surface area contributed by atoms with Crippen molar-refractivity contribution in [2.45, 2.75) is 25.3 Å². The van der Waals surface area contributed by atoms with E-state index in [0.29, 0.717) is 6.54 Å². The zero-order chi connectivity index (χ0) is 18.2. The van der Waals surface area contributed by atoms with E-state index >= 15 is 0 Å². The predicted octanol–water partition coefficient (Wildman–Crippen LogP) is 3.64. The maximum absolute atomic E-state index is 12.2. The van der Waals surface area contributed by atoms with Crippen molar-refractivity contribution < 1.29 is 13.9 Å². The number of furan rings is 1. The minimum atomic E-state index is -0.110. The van der Waals surface area contributed by atoms with E-state index in [2.05, 4.69) is 10.2 Å². The van der Waals surface area contributed by atoms with Crippen LogP contribution in [0.2, 0.25) is 0 Å². The lowest BCUT2D eigenvalue weighted by Crippen LogP contribution is -2.40. The number of ether oxygens (including phenoxy) is 1. The van der Waals surface area contributed by atoms with Gasteiger partial charge < -0.3 is 14.5 Å². The molecule has 0 aliphatic carbocycles. The number of hydrogen-bond acceptors (Lipinski definition) is 4. The molecule has 1 amide bonds. The van der Waals surface area contributed by atoms with Crippen LogP contribution < -0.4 is 10.1 Å². The number of hydrogen-bond donors (Lipinski definition) is 1. The average Bonchev–Trinajstić information content (AvgIpc) is 3.22. The van der Waals surface area contributed by atoms with E-state index in [9.17, 15) is 4.79 Å². The SMILES string of the molecule is COc1cccc(/C=C/C(=O)NCC(c2ccco2)N2CCCCC2)c1. The van der Waals surface area contributed by atoms with Crippen LogP contribution in [0.15, 0.2) is 53.2 Å². The van der Waals surface area contributed by atoms with Crippen LogP contribution >= 0.6 is 0 Å². The summed E-state index contributed by atoms with van der Waals surface area (Å²) >= 11 is 0. The minimum absolute atomic E-state index is 0.0828. The molecule has 1 unspecified atom stereocenters. The summed E-state index contributed by atoms with van der Waals surface area (Å²) in [6, 6.07) is 11.6. The van der Waals surface area contributed by atoms with Gasteiger partial charge in [0.2, 0.25) is 5.91 Å². The van der Waals surface area contributed by atoms with Gasteiger partial charge in [0.05, 0.1) is 19.4 Å². The third-order valence-electron chi connectivity index (χ3n) is 4.69. The van der Waals surface area contributed by atoms with Gasteiger partial charge in [0, 0.05) is 12.6 Å². The van der Waals surface area contributed by atoms with Gasteiger partial charge in [-0.3, -0.25) is 9.69 Å². The van der Waals surface area contributed by atoms with Gasteiger partial charge in [-0.1, -0.05) is 18.6 Å². The van der Waals surface area contributed by atoms with Crippen molar-refractivity contribution in [3.8, 4) is 5.75 Å². The van der Waals surface area contributed by atoms with Crippen molar-refractivity contribution >= 4 is 12.0 Å². The third kappa shape index (κ3) is 4.99. The number of rotatable bonds is 7. The Morgan fingerprint density at radius 3 is 2.85 bits per heavy atom. The van der Waals surface area contributed by atoms with E-state index in [1.165, 1.54) is 19.3 Å². The van der Waals surface area contributed by atoms with Crippen molar-refractivity contribution in [2.75, 3.05) is 26.7 Å². The van der Waals surface area contributed by atoms with Crippen LogP contribution in [0.25, 0.3) is 6.08 Å². The van der Waals surface area contributed by atoms with Crippen LogP contribution in [0.5, 0.6) is 5.75 Å². The van der Waals surface area contributed by atoms with Gasteiger partial charge in [-0.05, 0) is 61.8 Å². The highest BCUT2D eigenvalue weighted by atomic mass is 16.5. The summed E-state index contributed by atoms with van der Waals surface area (Å²) in [5, 5.41) is 3.01. The maximum atomic E-state index is 12.2. The number of nitrogens with zero attached hydrogens (tertiary/aromatic N) is 1. The number of benzene rings is 1. The van der Waals surface area contributed by atoms with Gasteiger partial charge in [0.1, 0.15) is 11.5 Å². The van der Waals surface area contributed by atoms with E-state index in [1.54, 1.807) is 25.5 Å². The summed E-state index contributed by atoms with van der Waals surface area (Å²) in [4.78, 5) is 14.6. The number of likely N-dealkylation sites (tertiary alicyclic amines) is 1. The lowest BCUT2D eigenvalue weighted by molar-refractivity contribution is -0.116. The standard InChI is InChI=1S/C21H26N2O3/c1-25-18-8-5-7-17(15-18)10-11-21(24)22-16-19(20-9-6-14-26-20)23-12-3-2-4-13-23/h5-11,14-15,19H,2-4,12-13,16H2,1H3,(H,22,24)/b11-10+. The summed E-state index contributed by atoms with van der Waals surface area (Å²) in [5.41, 5.74) is 0.929. The molecule has 3 rings (SSSR count).